The molecule has 0 saturated carbocycles. The van der Waals surface area contributed by atoms with Crippen molar-refractivity contribution in [1.29, 1.82) is 0 Å². The first-order valence-electron chi connectivity index (χ1n) is 8.75. The maximum absolute atomic E-state index is 11.1. The maximum Gasteiger partial charge on any atom is 0.333 e. The van der Waals surface area contributed by atoms with Crippen molar-refractivity contribution >= 4 is 27.9 Å². The first-order chi connectivity index (χ1) is 12.9. The Labute approximate surface area is 162 Å². The molecule has 2 rings (SSSR count). The van der Waals surface area contributed by atoms with E-state index in [4.69, 9.17) is 6.90 Å². The van der Waals surface area contributed by atoms with Crippen molar-refractivity contribution < 1.29 is 24.8 Å². The molecule has 0 saturated heterocycles. The van der Waals surface area contributed by atoms with Crippen LogP contribution in [0.15, 0.2) is 28.4 Å². The van der Waals surface area contributed by atoms with E-state index in [-0.39, 0.29) is 18.0 Å². The van der Waals surface area contributed by atoms with Gasteiger partial charge in [-0.15, -0.1) is 0 Å². The third-order valence-electron chi connectivity index (χ3n) is 3.74. The zero-order chi connectivity index (χ0) is 20.7. The Morgan fingerprint density at radius 2 is 1.73 bits per heavy atom. The van der Waals surface area contributed by atoms with Crippen molar-refractivity contribution in [3.63, 3.8) is 0 Å². The summed E-state index contributed by atoms with van der Waals surface area (Å²) in [5, 5.41) is 3.55. The molecule has 0 amide bonds. The zero-order valence-corrected chi connectivity index (χ0v) is 16.6. The van der Waals surface area contributed by atoms with Gasteiger partial charge in [0, 0.05) is 20.9 Å². The molecule has 0 heterocycles. The van der Waals surface area contributed by atoms with Crippen LogP contribution in [0.5, 0.6) is 0 Å². The molecule has 0 radical (unpaired) electrons. The molecule has 0 aliphatic heterocycles. The van der Waals surface area contributed by atoms with Gasteiger partial charge >= 0.3 is 11.9 Å². The lowest BCUT2D eigenvalue weighted by atomic mass is 9.96. The molecule has 0 aromatic carbocycles. The van der Waals surface area contributed by atoms with Crippen LogP contribution in [0.4, 0.5) is 4.39 Å². The highest BCUT2D eigenvalue weighted by Crippen LogP contribution is 2.23. The van der Waals surface area contributed by atoms with Crippen LogP contribution in [0.1, 0.15) is 39.9 Å². The van der Waals surface area contributed by atoms with E-state index in [9.17, 15) is 14.0 Å². The Hall–Kier alpha value is -1.86. The van der Waals surface area contributed by atoms with Crippen LogP contribution in [0, 0.1) is 0 Å². The van der Waals surface area contributed by atoms with E-state index in [0.29, 0.717) is 16.8 Å². The monoisotopic (exact) mass is 434 g/mol. The summed E-state index contributed by atoms with van der Waals surface area (Å²) in [5.74, 6) is -0.507. The first-order valence-corrected chi connectivity index (χ1v) is 8.96. The third-order valence-corrected chi connectivity index (χ3v) is 4.46. The smallest absolute Gasteiger partial charge is 0.333 e. The van der Waals surface area contributed by atoms with Crippen LogP contribution in [0.3, 0.4) is 0 Å². The van der Waals surface area contributed by atoms with E-state index in [1.54, 1.807) is 6.08 Å². The number of nitrogens with zero attached hydrogens (tertiary/aromatic N) is 3. The third kappa shape index (κ3) is 9.01. The zero-order valence-electron chi connectivity index (χ0n) is 16.0. The Balaban J connectivity index is 0.000000442. The van der Waals surface area contributed by atoms with Gasteiger partial charge in [-0.2, -0.15) is 0 Å². The van der Waals surface area contributed by atoms with Gasteiger partial charge in [0.15, 0.2) is 0 Å². The molecule has 0 fully saturated rings. The number of carbonyl (C=O) groups excluding carboxylic acids is 2. The number of carbonyl (C=O) groups is 2. The Morgan fingerprint density at radius 3 is 2.19 bits per heavy atom. The van der Waals surface area contributed by atoms with Crippen LogP contribution in [0.2, 0.25) is 0 Å². The predicted molar refractivity (Wildman–Crippen MR) is 101 cm³/mol. The second-order valence-corrected chi connectivity index (χ2v) is 6.62. The number of ether oxygens (including phenoxy) is 2. The number of alkyl halides is 2. The number of allylic oxidation sites excluding steroid dienone is 1. The Morgan fingerprint density at radius 1 is 1.23 bits per heavy atom. The summed E-state index contributed by atoms with van der Waals surface area (Å²) in [4.78, 5) is 25.2. The number of hydrogen-bond acceptors (Lipinski definition) is 5. The molecule has 0 bridgehead atoms. The van der Waals surface area contributed by atoms with Gasteiger partial charge in [-0.05, 0) is 44.1 Å². The maximum atomic E-state index is 11.1. The average Bonchev–Trinajstić information content (AvgIpc) is 2.68. The standard InChI is InChI=1S/C8H11BrO2.C8H11N3O2.CH3F/c1-11-8(10)6-3-2-4-7(9)5-6;1-13-8(12)6-3-2-4-7(5-6)10-11-9;1-2/h5,7H,2-4H2,1H3;5,7H,2-4H2,1H3;1H3/i;;1D. The normalized spacial score (nSPS) is 21.6. The van der Waals surface area contributed by atoms with E-state index in [1.165, 1.54) is 14.2 Å². The van der Waals surface area contributed by atoms with E-state index in [2.05, 4.69) is 35.4 Å². The largest absolute Gasteiger partial charge is 0.466 e. The summed E-state index contributed by atoms with van der Waals surface area (Å²) in [7, 11) is 1.77. The molecular formula is C17H25BrFN3O4. The molecule has 2 aliphatic rings. The summed E-state index contributed by atoms with van der Waals surface area (Å²) in [6.45, 7) is 0. The number of azide groups is 1. The number of esters is 2. The van der Waals surface area contributed by atoms with Crippen LogP contribution in [-0.4, -0.2) is 44.2 Å². The summed E-state index contributed by atoms with van der Waals surface area (Å²) >= 11 is 3.44. The minimum Gasteiger partial charge on any atom is -0.466 e. The molecule has 2 aliphatic carbocycles. The highest BCUT2D eigenvalue weighted by molar-refractivity contribution is 9.09. The van der Waals surface area contributed by atoms with Crippen molar-refractivity contribution in [2.75, 3.05) is 21.4 Å². The Bertz CT molecular complexity index is 595. The lowest BCUT2D eigenvalue weighted by molar-refractivity contribution is -0.137. The molecule has 7 nitrogen and oxygen atoms in total. The number of halogens is 2. The summed E-state index contributed by atoms with van der Waals surface area (Å²) in [5.41, 5.74) is 9.64. The van der Waals surface area contributed by atoms with Crippen LogP contribution in [-0.2, 0) is 19.1 Å². The molecule has 2 unspecified atom stereocenters. The van der Waals surface area contributed by atoms with E-state index in [1.807, 2.05) is 6.08 Å². The molecule has 2 atom stereocenters. The van der Waals surface area contributed by atoms with Crippen molar-refractivity contribution in [2.24, 2.45) is 5.11 Å². The molecule has 0 aromatic heterocycles. The lowest BCUT2D eigenvalue weighted by Crippen LogP contribution is -2.13. The van der Waals surface area contributed by atoms with Gasteiger partial charge in [-0.3, -0.25) is 4.39 Å². The summed E-state index contributed by atoms with van der Waals surface area (Å²) < 4.78 is 24.7. The van der Waals surface area contributed by atoms with Crippen molar-refractivity contribution in [3.05, 3.63) is 33.7 Å². The number of methoxy groups -OCH3 is 2. The van der Waals surface area contributed by atoms with Gasteiger partial charge in [0.05, 0.1) is 28.8 Å². The fraction of sp³-hybridized carbons (Fsp3) is 0.647. The quantitative estimate of drug-likeness (QED) is 0.213. The fourth-order valence-electron chi connectivity index (χ4n) is 2.53. The Kier molecular flexibility index (Phi) is 12.2. The topological polar surface area (TPSA) is 101 Å². The van der Waals surface area contributed by atoms with E-state index >= 15 is 0 Å². The fourth-order valence-corrected chi connectivity index (χ4v) is 3.18. The molecule has 26 heavy (non-hydrogen) atoms. The number of rotatable bonds is 3. The van der Waals surface area contributed by atoms with Crippen molar-refractivity contribution in [3.8, 4) is 0 Å². The van der Waals surface area contributed by atoms with Crippen molar-refractivity contribution in [2.45, 2.75) is 49.4 Å². The SMILES string of the molecule is COC(=O)C1=CC(Br)CCC1.COC(=O)C1=CC(N=[N+]=[N-])CCC1.[2H]CF. The molecular weight excluding hydrogens is 409 g/mol. The second kappa shape index (κ2) is 14.3. The molecule has 9 heteroatoms. The van der Waals surface area contributed by atoms with Gasteiger partial charge in [-0.25, -0.2) is 9.59 Å². The summed E-state index contributed by atoms with van der Waals surface area (Å²) in [6.07, 6.45) is 9.05. The van der Waals surface area contributed by atoms with Gasteiger partial charge in [0.2, 0.25) is 0 Å². The molecule has 0 aromatic rings. The summed E-state index contributed by atoms with van der Waals surface area (Å²) in [6, 6.07) is -0.187. The van der Waals surface area contributed by atoms with Gasteiger partial charge < -0.3 is 9.47 Å². The molecule has 146 valence electrons. The van der Waals surface area contributed by atoms with Crippen molar-refractivity contribution in [1.82, 2.24) is 0 Å². The van der Waals surface area contributed by atoms with Crippen LogP contribution < -0.4 is 0 Å². The minimum absolute atomic E-state index is 0.186. The highest BCUT2D eigenvalue weighted by atomic mass is 79.9. The highest BCUT2D eigenvalue weighted by Gasteiger charge is 2.17. The van der Waals surface area contributed by atoms with Gasteiger partial charge in [0.1, 0.15) is 0 Å². The van der Waals surface area contributed by atoms with E-state index in [0.717, 1.165) is 37.7 Å². The molecule has 0 spiro atoms. The van der Waals surface area contributed by atoms with E-state index < -0.39 is 7.15 Å². The van der Waals surface area contributed by atoms with Crippen LogP contribution in [0.25, 0.3) is 10.4 Å². The lowest BCUT2D eigenvalue weighted by Gasteiger charge is -2.15. The van der Waals surface area contributed by atoms with Gasteiger partial charge in [0.25, 0.3) is 0 Å². The first kappa shape index (κ1) is 22.2. The number of hydrogen-bond donors (Lipinski definition) is 0. The average molecular weight is 435 g/mol. The molecule has 0 N–H and O–H groups in total. The predicted octanol–water partition coefficient (Wildman–Crippen LogP) is 4.57. The van der Waals surface area contributed by atoms with Crippen LogP contribution >= 0.6 is 15.9 Å². The second-order valence-electron chi connectivity index (χ2n) is 5.44. The minimum atomic E-state index is -1.00. The van der Waals surface area contributed by atoms with Gasteiger partial charge in [-0.1, -0.05) is 33.2 Å².